The standard InChI is InChI=1S/C48H96N7O19P3/c1-4-6-13-50-46(58)9-24-68-28-32-72-36-38-74-34-30-70-26-21-52(3)48(60)11-41-77(65,66)44-55-18-16-53(42-75(61,62)39-7-22-56)15-17-54(19-20-55)43-76(63,64)40-10-47(59)51-14-25-69-29-33-73-37-35-71-31-27-67-23-8-45(57)49-12-5-2/h22H,4-21,23-44H2,1-3H3,(H,49,57)(H,50,58)(H,51,59)(H,61,62)(H,63,64)(H,65,66). The highest BCUT2D eigenvalue weighted by Crippen LogP contribution is 2.44. The SMILES string of the molecule is CCCCNC(=O)CCOCCOCCOCCOCCN(C)C(=O)CCP(=O)(O)CN1CCN(CP(=O)(O)CCC=O)CCN(CP(=O)(O)CCC(=O)NCCOCCOCCOCCOCCC(=O)NCCC)CC1. The summed E-state index contributed by atoms with van der Waals surface area (Å²) in [5, 5.41) is 8.30. The molecule has 1 aliphatic heterocycles. The summed E-state index contributed by atoms with van der Waals surface area (Å²) in [6, 6.07) is 0. The molecule has 0 bridgehead atoms. The minimum absolute atomic E-state index is 0.0269. The van der Waals surface area contributed by atoms with Gasteiger partial charge in [-0.2, -0.15) is 0 Å². The van der Waals surface area contributed by atoms with Crippen molar-refractivity contribution in [3.05, 3.63) is 0 Å². The molecular weight excluding hydrogens is 1070 g/mol. The van der Waals surface area contributed by atoms with Crippen LogP contribution in [0.25, 0.3) is 0 Å². The average Bonchev–Trinajstić information content (AvgIpc) is 3.47. The quantitative estimate of drug-likeness (QED) is 0.0280. The number of amides is 4. The van der Waals surface area contributed by atoms with Crippen LogP contribution in [0.1, 0.15) is 65.2 Å². The number of carbonyl (C=O) groups excluding carboxylic acids is 5. The molecule has 4 amide bonds. The van der Waals surface area contributed by atoms with Gasteiger partial charge in [-0.15, -0.1) is 0 Å². The number of carbonyl (C=O) groups is 5. The van der Waals surface area contributed by atoms with Crippen LogP contribution in [0.5, 0.6) is 0 Å². The van der Waals surface area contributed by atoms with Gasteiger partial charge in [0.2, 0.25) is 45.7 Å². The summed E-state index contributed by atoms with van der Waals surface area (Å²) >= 11 is 0. The molecule has 3 unspecified atom stereocenters. The maximum absolute atomic E-state index is 13.6. The van der Waals surface area contributed by atoms with E-state index in [-0.39, 0.29) is 147 Å². The zero-order valence-corrected chi connectivity index (χ0v) is 49.0. The maximum atomic E-state index is 13.6. The highest BCUT2D eigenvalue weighted by Gasteiger charge is 2.30. The molecule has 0 aromatic carbocycles. The third kappa shape index (κ3) is 44.1. The first-order valence-electron chi connectivity index (χ1n) is 27.1. The summed E-state index contributed by atoms with van der Waals surface area (Å²) in [5.41, 5.74) is 0. The predicted molar refractivity (Wildman–Crippen MR) is 291 cm³/mol. The lowest BCUT2D eigenvalue weighted by molar-refractivity contribution is -0.130. The van der Waals surface area contributed by atoms with Crippen LogP contribution in [0.4, 0.5) is 0 Å². The fraction of sp³-hybridized carbons (Fsp3) is 0.896. The Morgan fingerprint density at radius 2 is 0.818 bits per heavy atom. The number of hydrogen-bond acceptors (Lipinski definition) is 19. The van der Waals surface area contributed by atoms with Gasteiger partial charge in [0.05, 0.1) is 125 Å². The van der Waals surface area contributed by atoms with Crippen molar-refractivity contribution in [3.8, 4) is 0 Å². The van der Waals surface area contributed by atoms with Gasteiger partial charge in [0.25, 0.3) is 0 Å². The summed E-state index contributed by atoms with van der Waals surface area (Å²) < 4.78 is 83.7. The van der Waals surface area contributed by atoms with E-state index >= 15 is 0 Å². The number of hydrogen-bond donors (Lipinski definition) is 6. The lowest BCUT2D eigenvalue weighted by Gasteiger charge is -2.28. The monoisotopic (exact) mass is 1170 g/mol. The lowest BCUT2D eigenvalue weighted by Crippen LogP contribution is -2.37. The van der Waals surface area contributed by atoms with E-state index in [1.54, 1.807) is 21.7 Å². The van der Waals surface area contributed by atoms with Crippen molar-refractivity contribution in [2.45, 2.75) is 65.2 Å². The van der Waals surface area contributed by atoms with E-state index in [0.717, 1.165) is 19.3 Å². The van der Waals surface area contributed by atoms with Gasteiger partial charge in [-0.1, -0.05) is 20.3 Å². The number of aldehydes is 1. The van der Waals surface area contributed by atoms with Gasteiger partial charge in [-0.05, 0) is 12.8 Å². The molecule has 0 aliphatic carbocycles. The minimum atomic E-state index is -3.92. The molecule has 6 N–H and O–H groups in total. The van der Waals surface area contributed by atoms with Crippen LogP contribution in [0.15, 0.2) is 0 Å². The summed E-state index contributed by atoms with van der Waals surface area (Å²) in [4.78, 5) is 99.0. The van der Waals surface area contributed by atoms with Crippen LogP contribution in [-0.4, -0.2) is 280 Å². The van der Waals surface area contributed by atoms with Gasteiger partial charge in [-0.25, -0.2) is 0 Å². The smallest absolute Gasteiger partial charge is 0.222 e. The molecule has 0 spiro atoms. The van der Waals surface area contributed by atoms with Crippen LogP contribution in [0.3, 0.4) is 0 Å². The highest BCUT2D eigenvalue weighted by atomic mass is 31.2. The molecular formula is C48H96N7O19P3. The van der Waals surface area contributed by atoms with Crippen LogP contribution in [-0.2, 0) is 75.6 Å². The van der Waals surface area contributed by atoms with E-state index in [0.29, 0.717) is 118 Å². The van der Waals surface area contributed by atoms with Crippen LogP contribution >= 0.6 is 22.1 Å². The Morgan fingerprint density at radius 3 is 1.23 bits per heavy atom. The first-order valence-corrected chi connectivity index (χ1v) is 33.2. The molecule has 0 saturated carbocycles. The van der Waals surface area contributed by atoms with Gasteiger partial charge in [0.1, 0.15) is 6.29 Å². The first kappa shape index (κ1) is 72.7. The fourth-order valence-corrected chi connectivity index (χ4v) is 11.9. The van der Waals surface area contributed by atoms with E-state index < -0.39 is 28.0 Å². The molecule has 0 radical (unpaired) electrons. The molecule has 1 aliphatic rings. The lowest BCUT2D eigenvalue weighted by atomic mass is 10.3. The summed E-state index contributed by atoms with van der Waals surface area (Å²) in [7, 11) is -10.0. The second kappa shape index (κ2) is 46.3. The van der Waals surface area contributed by atoms with Crippen molar-refractivity contribution in [2.75, 3.05) is 216 Å². The predicted octanol–water partition coefficient (Wildman–Crippen LogP) is 0.889. The van der Waals surface area contributed by atoms with E-state index in [9.17, 15) is 52.3 Å². The van der Waals surface area contributed by atoms with Crippen molar-refractivity contribution in [1.82, 2.24) is 35.6 Å². The molecule has 1 fully saturated rings. The normalized spacial score (nSPS) is 16.3. The molecule has 1 rings (SSSR count). The molecule has 26 nitrogen and oxygen atoms in total. The Bertz CT molecular complexity index is 1730. The highest BCUT2D eigenvalue weighted by molar-refractivity contribution is 7.58. The summed E-state index contributed by atoms with van der Waals surface area (Å²) in [6.07, 6.45) is 1.95. The van der Waals surface area contributed by atoms with Crippen LogP contribution in [0, 0.1) is 0 Å². The Labute approximate surface area is 457 Å². The number of unbranched alkanes of at least 4 members (excludes halogenated alkanes) is 1. The number of nitrogens with zero attached hydrogens (tertiary/aromatic N) is 4. The van der Waals surface area contributed by atoms with E-state index in [2.05, 4.69) is 22.9 Å². The second-order valence-electron chi connectivity index (χ2n) is 18.6. The average molecular weight is 1170 g/mol. The number of nitrogens with one attached hydrogen (secondary N) is 3. The largest absolute Gasteiger partial charge is 0.379 e. The van der Waals surface area contributed by atoms with Gasteiger partial charge >= 0.3 is 0 Å². The third-order valence-electron chi connectivity index (χ3n) is 11.6. The molecule has 3 atom stereocenters. The van der Waals surface area contributed by atoms with Gasteiger partial charge < -0.3 is 78.2 Å². The van der Waals surface area contributed by atoms with Crippen molar-refractivity contribution < 1.29 is 90.2 Å². The van der Waals surface area contributed by atoms with Gasteiger partial charge in [-0.3, -0.25) is 47.6 Å². The Hall–Kier alpha value is -2.32. The van der Waals surface area contributed by atoms with Crippen LogP contribution in [0.2, 0.25) is 0 Å². The Kier molecular flexibility index (Phi) is 43.7. The van der Waals surface area contributed by atoms with Crippen LogP contribution < -0.4 is 16.0 Å². The van der Waals surface area contributed by atoms with E-state index in [4.69, 9.17) is 37.9 Å². The molecule has 452 valence electrons. The van der Waals surface area contributed by atoms with Crippen molar-refractivity contribution in [3.63, 3.8) is 0 Å². The van der Waals surface area contributed by atoms with Crippen molar-refractivity contribution in [2.24, 2.45) is 0 Å². The fourth-order valence-electron chi connectivity index (χ4n) is 7.13. The van der Waals surface area contributed by atoms with E-state index in [1.807, 2.05) is 6.92 Å². The maximum Gasteiger partial charge on any atom is 0.222 e. The minimum Gasteiger partial charge on any atom is -0.379 e. The molecule has 1 saturated heterocycles. The topological polar surface area (TPSA) is 320 Å². The first-order chi connectivity index (χ1) is 36.9. The zero-order valence-electron chi connectivity index (χ0n) is 46.4. The van der Waals surface area contributed by atoms with Crippen molar-refractivity contribution >= 4 is 52.0 Å². The Balaban J connectivity index is 2.45. The molecule has 29 heteroatoms. The molecule has 77 heavy (non-hydrogen) atoms. The zero-order chi connectivity index (χ0) is 56.9. The van der Waals surface area contributed by atoms with Gasteiger partial charge in [0.15, 0.2) is 0 Å². The van der Waals surface area contributed by atoms with Gasteiger partial charge in [0, 0.05) is 123 Å². The second-order valence-corrected chi connectivity index (χ2v) is 25.8. The Morgan fingerprint density at radius 1 is 0.468 bits per heavy atom. The number of ether oxygens (including phenoxy) is 8. The van der Waals surface area contributed by atoms with Crippen molar-refractivity contribution in [1.29, 1.82) is 0 Å². The molecule has 1 heterocycles. The summed E-state index contributed by atoms with van der Waals surface area (Å²) in [6.45, 7) is 12.4. The third-order valence-corrected chi connectivity index (χ3v) is 16.9. The number of likely N-dealkylation sites (N-methyl/N-ethyl adjacent to an activating group) is 1. The molecule has 0 aromatic rings. The van der Waals surface area contributed by atoms with E-state index in [1.165, 1.54) is 4.90 Å². The number of rotatable bonds is 50. The molecule has 0 aromatic heterocycles. The summed E-state index contributed by atoms with van der Waals surface area (Å²) in [5.74, 6) is -0.831.